The average Bonchev–Trinajstić information content (AvgIpc) is 2.31. The Morgan fingerprint density at radius 3 is 2.65 bits per heavy atom. The predicted octanol–water partition coefficient (Wildman–Crippen LogP) is 3.23. The highest BCUT2D eigenvalue weighted by atomic mass is 35.5. The molecule has 0 unspecified atom stereocenters. The van der Waals surface area contributed by atoms with E-state index in [2.05, 4.69) is 36.2 Å². The minimum Gasteiger partial charge on any atom is -0.370 e. The monoisotopic (exact) mass is 252 g/mol. The van der Waals surface area contributed by atoms with Crippen LogP contribution in [-0.2, 0) is 0 Å². The van der Waals surface area contributed by atoms with Gasteiger partial charge in [0, 0.05) is 19.1 Å². The zero-order chi connectivity index (χ0) is 12.3. The Labute approximate surface area is 109 Å². The number of benzene rings is 1. The molecule has 2 nitrogen and oxygen atoms in total. The van der Waals surface area contributed by atoms with Crippen molar-refractivity contribution in [1.29, 1.82) is 0 Å². The number of hydrogen-bond acceptors (Lipinski definition) is 2. The Hall–Kier alpha value is -0.730. The fourth-order valence-electron chi connectivity index (χ4n) is 2.48. The summed E-state index contributed by atoms with van der Waals surface area (Å²) in [6.07, 6.45) is 2.41. The van der Waals surface area contributed by atoms with Crippen LogP contribution in [0, 0.1) is 6.92 Å². The lowest BCUT2D eigenvalue weighted by atomic mass is 10.0. The van der Waals surface area contributed by atoms with E-state index < -0.39 is 0 Å². The maximum Gasteiger partial charge on any atom is 0.0642 e. The number of anilines is 1. The van der Waals surface area contributed by atoms with Crippen molar-refractivity contribution in [3.8, 4) is 0 Å². The van der Waals surface area contributed by atoms with Gasteiger partial charge in [0.05, 0.1) is 10.7 Å². The van der Waals surface area contributed by atoms with E-state index in [0.717, 1.165) is 24.7 Å². The number of hydrogen-bond donors (Lipinski definition) is 1. The van der Waals surface area contributed by atoms with Crippen LogP contribution in [0.1, 0.15) is 25.3 Å². The van der Waals surface area contributed by atoms with Crippen LogP contribution < -0.4 is 10.2 Å². The third-order valence-electron chi connectivity index (χ3n) is 3.43. The van der Waals surface area contributed by atoms with E-state index in [-0.39, 0.29) is 0 Å². The van der Waals surface area contributed by atoms with Crippen LogP contribution in [0.4, 0.5) is 5.69 Å². The molecule has 1 fully saturated rings. The van der Waals surface area contributed by atoms with E-state index in [4.69, 9.17) is 11.6 Å². The molecular weight excluding hydrogens is 232 g/mol. The van der Waals surface area contributed by atoms with Gasteiger partial charge in [-0.25, -0.2) is 0 Å². The van der Waals surface area contributed by atoms with Crippen LogP contribution in [0.3, 0.4) is 0 Å². The Kier molecular flexibility index (Phi) is 4.30. The van der Waals surface area contributed by atoms with Gasteiger partial charge in [-0.1, -0.05) is 24.6 Å². The second-order valence-electron chi connectivity index (χ2n) is 4.77. The third-order valence-corrected chi connectivity index (χ3v) is 3.73. The molecular formula is C14H21ClN2. The molecule has 1 aromatic carbocycles. The summed E-state index contributed by atoms with van der Waals surface area (Å²) < 4.78 is 0. The fourth-order valence-corrected chi connectivity index (χ4v) is 2.84. The Balaban J connectivity index is 2.00. The number of aryl methyl sites for hydroxylation is 1. The Morgan fingerprint density at radius 1 is 1.35 bits per heavy atom. The summed E-state index contributed by atoms with van der Waals surface area (Å²) in [6.45, 7) is 7.51. The summed E-state index contributed by atoms with van der Waals surface area (Å²) in [6, 6.07) is 7.01. The minimum absolute atomic E-state index is 0.681. The fraction of sp³-hybridized carbons (Fsp3) is 0.571. The summed E-state index contributed by atoms with van der Waals surface area (Å²) in [5, 5.41) is 4.40. The molecule has 1 aliphatic heterocycles. The van der Waals surface area contributed by atoms with Gasteiger partial charge in [0.2, 0.25) is 0 Å². The standard InChI is InChI=1S/C14H21ClN2/c1-3-16-12-6-8-17(9-7-12)14-5-4-11(2)10-13(14)15/h4-5,10,12,16H,3,6-9H2,1-2H3. The smallest absolute Gasteiger partial charge is 0.0642 e. The summed E-state index contributed by atoms with van der Waals surface area (Å²) in [5.74, 6) is 0. The van der Waals surface area contributed by atoms with Gasteiger partial charge in [-0.15, -0.1) is 0 Å². The number of halogens is 1. The van der Waals surface area contributed by atoms with Gasteiger partial charge in [-0.2, -0.15) is 0 Å². The molecule has 1 N–H and O–H groups in total. The molecule has 0 spiro atoms. The highest BCUT2D eigenvalue weighted by Crippen LogP contribution is 2.29. The van der Waals surface area contributed by atoms with Crippen LogP contribution in [-0.4, -0.2) is 25.7 Å². The summed E-state index contributed by atoms with van der Waals surface area (Å²) in [4.78, 5) is 2.40. The lowest BCUT2D eigenvalue weighted by molar-refractivity contribution is 0.424. The summed E-state index contributed by atoms with van der Waals surface area (Å²) in [7, 11) is 0. The van der Waals surface area contributed by atoms with Crippen molar-refractivity contribution in [1.82, 2.24) is 5.32 Å². The summed E-state index contributed by atoms with van der Waals surface area (Å²) in [5.41, 5.74) is 2.41. The van der Waals surface area contributed by atoms with Gasteiger partial charge in [-0.05, 0) is 44.0 Å². The van der Waals surface area contributed by atoms with Crippen molar-refractivity contribution in [3.63, 3.8) is 0 Å². The second kappa shape index (κ2) is 5.74. The van der Waals surface area contributed by atoms with Crippen molar-refractivity contribution in [3.05, 3.63) is 28.8 Å². The largest absolute Gasteiger partial charge is 0.370 e. The molecule has 3 heteroatoms. The van der Waals surface area contributed by atoms with Gasteiger partial charge in [-0.3, -0.25) is 0 Å². The molecule has 1 heterocycles. The van der Waals surface area contributed by atoms with Gasteiger partial charge < -0.3 is 10.2 Å². The van der Waals surface area contributed by atoms with Gasteiger partial charge >= 0.3 is 0 Å². The first-order valence-electron chi connectivity index (χ1n) is 6.45. The maximum absolute atomic E-state index is 6.30. The van der Waals surface area contributed by atoms with E-state index in [1.807, 2.05) is 6.07 Å². The Bertz CT molecular complexity index is 370. The number of piperidine rings is 1. The molecule has 0 amide bonds. The van der Waals surface area contributed by atoms with Crippen LogP contribution in [0.15, 0.2) is 18.2 Å². The number of nitrogens with one attached hydrogen (secondary N) is 1. The molecule has 1 aliphatic rings. The molecule has 2 rings (SSSR count). The van der Waals surface area contributed by atoms with E-state index in [1.165, 1.54) is 24.1 Å². The molecule has 94 valence electrons. The van der Waals surface area contributed by atoms with E-state index in [0.29, 0.717) is 6.04 Å². The number of nitrogens with zero attached hydrogens (tertiary/aromatic N) is 1. The first-order chi connectivity index (χ1) is 8.20. The molecule has 0 radical (unpaired) electrons. The van der Waals surface area contributed by atoms with E-state index in [1.54, 1.807) is 0 Å². The quantitative estimate of drug-likeness (QED) is 0.889. The van der Waals surface area contributed by atoms with E-state index >= 15 is 0 Å². The van der Waals surface area contributed by atoms with Gasteiger partial charge in [0.1, 0.15) is 0 Å². The maximum atomic E-state index is 6.30. The zero-order valence-corrected chi connectivity index (χ0v) is 11.4. The lowest BCUT2D eigenvalue weighted by Crippen LogP contribution is -2.42. The first-order valence-corrected chi connectivity index (χ1v) is 6.83. The summed E-state index contributed by atoms with van der Waals surface area (Å²) >= 11 is 6.30. The normalized spacial score (nSPS) is 17.5. The Morgan fingerprint density at radius 2 is 2.06 bits per heavy atom. The molecule has 0 aromatic heterocycles. The molecule has 0 saturated carbocycles. The van der Waals surface area contributed by atoms with Crippen LogP contribution in [0.25, 0.3) is 0 Å². The first kappa shape index (κ1) is 12.7. The SMILES string of the molecule is CCNC1CCN(c2ccc(C)cc2Cl)CC1. The number of rotatable bonds is 3. The van der Waals surface area contributed by atoms with Crippen LogP contribution in [0.5, 0.6) is 0 Å². The highest BCUT2D eigenvalue weighted by Gasteiger charge is 2.19. The van der Waals surface area contributed by atoms with Crippen LogP contribution >= 0.6 is 11.6 Å². The van der Waals surface area contributed by atoms with Crippen molar-refractivity contribution in [2.75, 3.05) is 24.5 Å². The minimum atomic E-state index is 0.681. The van der Waals surface area contributed by atoms with Crippen LogP contribution in [0.2, 0.25) is 5.02 Å². The predicted molar refractivity (Wildman–Crippen MR) is 75.1 cm³/mol. The average molecular weight is 253 g/mol. The van der Waals surface area contributed by atoms with Crippen molar-refractivity contribution in [2.24, 2.45) is 0 Å². The molecule has 1 saturated heterocycles. The molecule has 0 bridgehead atoms. The second-order valence-corrected chi connectivity index (χ2v) is 5.18. The molecule has 0 atom stereocenters. The van der Waals surface area contributed by atoms with Gasteiger partial charge in [0.15, 0.2) is 0 Å². The zero-order valence-electron chi connectivity index (χ0n) is 10.7. The van der Waals surface area contributed by atoms with Crippen molar-refractivity contribution < 1.29 is 0 Å². The van der Waals surface area contributed by atoms with Gasteiger partial charge in [0.25, 0.3) is 0 Å². The molecule has 1 aromatic rings. The molecule has 17 heavy (non-hydrogen) atoms. The third kappa shape index (κ3) is 3.14. The lowest BCUT2D eigenvalue weighted by Gasteiger charge is -2.34. The van der Waals surface area contributed by atoms with Crippen molar-refractivity contribution in [2.45, 2.75) is 32.7 Å². The van der Waals surface area contributed by atoms with E-state index in [9.17, 15) is 0 Å². The highest BCUT2D eigenvalue weighted by molar-refractivity contribution is 6.33. The topological polar surface area (TPSA) is 15.3 Å². The molecule has 0 aliphatic carbocycles. The van der Waals surface area contributed by atoms with Crippen molar-refractivity contribution >= 4 is 17.3 Å².